The molecule has 0 aliphatic heterocycles. The second-order valence-electron chi connectivity index (χ2n) is 5.19. The van der Waals surface area contributed by atoms with E-state index in [4.69, 9.17) is 28.6 Å². The molecular weight excluding hydrogens is 372 g/mol. The summed E-state index contributed by atoms with van der Waals surface area (Å²) in [4.78, 5) is 0. The standard InChI is InChI=1S/C19H21ClN2OS2/c1-2-11-23-18-5-3-4-17(13-18)22-19(24)21-10-12-25-14-15-6-8-16(20)9-7-15/h2-9,13H,1,10-12,14H2,(H2,21,22,24). The van der Waals surface area contributed by atoms with Crippen LogP contribution in [-0.2, 0) is 5.75 Å². The Kier molecular flexibility index (Phi) is 8.66. The SMILES string of the molecule is C=CCOc1cccc(NC(=S)NCCSCc2ccc(Cl)cc2)c1. The summed E-state index contributed by atoms with van der Waals surface area (Å²) in [7, 11) is 0. The van der Waals surface area contributed by atoms with E-state index in [-0.39, 0.29) is 0 Å². The maximum Gasteiger partial charge on any atom is 0.170 e. The van der Waals surface area contributed by atoms with E-state index < -0.39 is 0 Å². The number of thiocarbonyl (C=S) groups is 1. The first kappa shape index (κ1) is 19.6. The largest absolute Gasteiger partial charge is 0.489 e. The maximum absolute atomic E-state index is 5.88. The van der Waals surface area contributed by atoms with Crippen LogP contribution in [0.2, 0.25) is 5.02 Å². The monoisotopic (exact) mass is 392 g/mol. The van der Waals surface area contributed by atoms with Crippen LogP contribution in [0, 0.1) is 0 Å². The van der Waals surface area contributed by atoms with E-state index in [2.05, 4.69) is 29.3 Å². The zero-order valence-electron chi connectivity index (χ0n) is 13.8. The van der Waals surface area contributed by atoms with Crippen molar-refractivity contribution in [2.75, 3.05) is 24.2 Å². The summed E-state index contributed by atoms with van der Waals surface area (Å²) in [6.45, 7) is 4.92. The van der Waals surface area contributed by atoms with Crippen LogP contribution in [-0.4, -0.2) is 24.0 Å². The Morgan fingerprint density at radius 2 is 2.04 bits per heavy atom. The number of hydrogen-bond donors (Lipinski definition) is 2. The van der Waals surface area contributed by atoms with Gasteiger partial charge in [0.05, 0.1) is 0 Å². The van der Waals surface area contributed by atoms with E-state index in [0.717, 1.165) is 34.5 Å². The minimum atomic E-state index is 0.483. The van der Waals surface area contributed by atoms with Crippen molar-refractivity contribution in [2.24, 2.45) is 0 Å². The minimum Gasteiger partial charge on any atom is -0.489 e. The number of halogens is 1. The number of anilines is 1. The van der Waals surface area contributed by atoms with Gasteiger partial charge in [0.2, 0.25) is 0 Å². The molecule has 0 heterocycles. The number of thioether (sulfide) groups is 1. The Labute approximate surface area is 163 Å². The Hall–Kier alpha value is -1.69. The van der Waals surface area contributed by atoms with Crippen LogP contribution in [0.15, 0.2) is 61.2 Å². The number of ether oxygens (including phenoxy) is 1. The molecule has 0 aromatic heterocycles. The molecule has 25 heavy (non-hydrogen) atoms. The quantitative estimate of drug-likeness (QED) is 0.351. The van der Waals surface area contributed by atoms with Gasteiger partial charge in [0, 0.05) is 34.8 Å². The summed E-state index contributed by atoms with van der Waals surface area (Å²) < 4.78 is 5.51. The van der Waals surface area contributed by atoms with E-state index in [1.165, 1.54) is 5.56 Å². The highest BCUT2D eigenvalue weighted by Gasteiger charge is 2.00. The van der Waals surface area contributed by atoms with E-state index in [9.17, 15) is 0 Å². The van der Waals surface area contributed by atoms with Crippen LogP contribution in [0.4, 0.5) is 5.69 Å². The highest BCUT2D eigenvalue weighted by molar-refractivity contribution is 7.98. The van der Waals surface area contributed by atoms with Gasteiger partial charge < -0.3 is 15.4 Å². The molecule has 0 spiro atoms. The molecule has 0 amide bonds. The van der Waals surface area contributed by atoms with E-state index in [1.54, 1.807) is 6.08 Å². The smallest absolute Gasteiger partial charge is 0.170 e. The van der Waals surface area contributed by atoms with Gasteiger partial charge in [-0.1, -0.05) is 42.5 Å². The predicted molar refractivity (Wildman–Crippen MR) is 114 cm³/mol. The molecule has 3 nitrogen and oxygen atoms in total. The topological polar surface area (TPSA) is 33.3 Å². The summed E-state index contributed by atoms with van der Waals surface area (Å²) >= 11 is 13.1. The molecular formula is C19H21ClN2OS2. The van der Waals surface area contributed by atoms with Gasteiger partial charge in [-0.15, -0.1) is 0 Å². The molecule has 6 heteroatoms. The van der Waals surface area contributed by atoms with Crippen LogP contribution in [0.5, 0.6) is 5.75 Å². The molecule has 2 aromatic rings. The Balaban J connectivity index is 1.65. The van der Waals surface area contributed by atoms with Crippen molar-refractivity contribution in [1.82, 2.24) is 5.32 Å². The summed E-state index contributed by atoms with van der Waals surface area (Å²) in [5.74, 6) is 2.71. The molecule has 132 valence electrons. The number of nitrogens with one attached hydrogen (secondary N) is 2. The molecule has 0 radical (unpaired) electrons. The molecule has 2 N–H and O–H groups in total. The van der Waals surface area contributed by atoms with Gasteiger partial charge in [-0.3, -0.25) is 0 Å². The Morgan fingerprint density at radius 3 is 2.80 bits per heavy atom. The molecule has 0 atom stereocenters. The molecule has 2 rings (SSSR count). The number of hydrogen-bond acceptors (Lipinski definition) is 3. The number of benzene rings is 2. The second-order valence-corrected chi connectivity index (χ2v) is 7.14. The normalized spacial score (nSPS) is 10.1. The zero-order chi connectivity index (χ0) is 17.9. The zero-order valence-corrected chi connectivity index (χ0v) is 16.2. The van der Waals surface area contributed by atoms with Gasteiger partial charge >= 0.3 is 0 Å². The number of rotatable bonds is 9. The van der Waals surface area contributed by atoms with Crippen LogP contribution in [0.1, 0.15) is 5.56 Å². The lowest BCUT2D eigenvalue weighted by Gasteiger charge is -2.11. The summed E-state index contributed by atoms with van der Waals surface area (Å²) in [5.41, 5.74) is 2.17. The highest BCUT2D eigenvalue weighted by atomic mass is 35.5. The summed E-state index contributed by atoms with van der Waals surface area (Å²) in [6.07, 6.45) is 1.72. The van der Waals surface area contributed by atoms with Crippen molar-refractivity contribution in [1.29, 1.82) is 0 Å². The molecule has 0 aliphatic carbocycles. The van der Waals surface area contributed by atoms with Gasteiger partial charge in [-0.25, -0.2) is 0 Å². The van der Waals surface area contributed by atoms with Crippen LogP contribution < -0.4 is 15.4 Å². The first-order valence-corrected chi connectivity index (χ1v) is 9.82. The van der Waals surface area contributed by atoms with Crippen molar-refractivity contribution in [3.05, 3.63) is 71.8 Å². The molecule has 0 unspecified atom stereocenters. The third-order valence-corrected chi connectivity index (χ3v) is 4.70. The Bertz CT molecular complexity index is 692. The molecule has 0 saturated carbocycles. The minimum absolute atomic E-state index is 0.483. The van der Waals surface area contributed by atoms with Gasteiger partial charge in [0.15, 0.2) is 5.11 Å². The third-order valence-electron chi connectivity index (χ3n) is 3.17. The lowest BCUT2D eigenvalue weighted by Crippen LogP contribution is -2.30. The van der Waals surface area contributed by atoms with Gasteiger partial charge in [0.1, 0.15) is 12.4 Å². The van der Waals surface area contributed by atoms with Crippen molar-refractivity contribution in [3.63, 3.8) is 0 Å². The Morgan fingerprint density at radius 1 is 1.24 bits per heavy atom. The van der Waals surface area contributed by atoms with Gasteiger partial charge in [-0.05, 0) is 42.0 Å². The fraction of sp³-hybridized carbons (Fsp3) is 0.211. The lowest BCUT2D eigenvalue weighted by atomic mass is 10.2. The average Bonchev–Trinajstić information content (AvgIpc) is 2.61. The van der Waals surface area contributed by atoms with Gasteiger partial charge in [0.25, 0.3) is 0 Å². The summed E-state index contributed by atoms with van der Waals surface area (Å²) in [6, 6.07) is 15.6. The summed E-state index contributed by atoms with van der Waals surface area (Å²) in [5, 5.41) is 7.75. The van der Waals surface area contributed by atoms with Gasteiger partial charge in [-0.2, -0.15) is 11.8 Å². The fourth-order valence-corrected chi connectivity index (χ4v) is 3.17. The van der Waals surface area contributed by atoms with E-state index in [0.29, 0.717) is 11.7 Å². The van der Waals surface area contributed by atoms with Crippen LogP contribution in [0.3, 0.4) is 0 Å². The van der Waals surface area contributed by atoms with E-state index in [1.807, 2.05) is 48.2 Å². The molecule has 0 fully saturated rings. The second kappa shape index (κ2) is 11.0. The first-order chi connectivity index (χ1) is 12.2. The van der Waals surface area contributed by atoms with Crippen molar-refractivity contribution in [2.45, 2.75) is 5.75 Å². The molecule has 0 bridgehead atoms. The third kappa shape index (κ3) is 7.82. The van der Waals surface area contributed by atoms with E-state index >= 15 is 0 Å². The molecule has 0 aliphatic rings. The highest BCUT2D eigenvalue weighted by Crippen LogP contribution is 2.17. The van der Waals surface area contributed by atoms with Crippen molar-refractivity contribution in [3.8, 4) is 5.75 Å². The molecule has 0 saturated heterocycles. The fourth-order valence-electron chi connectivity index (χ4n) is 2.00. The molecule has 2 aromatic carbocycles. The van der Waals surface area contributed by atoms with Crippen molar-refractivity contribution >= 4 is 46.4 Å². The lowest BCUT2D eigenvalue weighted by molar-refractivity contribution is 0.363. The average molecular weight is 393 g/mol. The predicted octanol–water partition coefficient (Wildman–Crippen LogP) is 5.12. The van der Waals surface area contributed by atoms with Crippen LogP contribution in [0.25, 0.3) is 0 Å². The first-order valence-electron chi connectivity index (χ1n) is 7.88. The van der Waals surface area contributed by atoms with Crippen LogP contribution >= 0.6 is 35.6 Å². The van der Waals surface area contributed by atoms with Crippen molar-refractivity contribution < 1.29 is 4.74 Å². The maximum atomic E-state index is 5.88.